The van der Waals surface area contributed by atoms with Gasteiger partial charge in [-0.15, -0.1) is 0 Å². The van der Waals surface area contributed by atoms with Gasteiger partial charge in [0.2, 0.25) is 0 Å². The first kappa shape index (κ1) is 10.4. The van der Waals surface area contributed by atoms with E-state index in [9.17, 15) is 0 Å². The second-order valence-corrected chi connectivity index (χ2v) is 4.48. The molecule has 0 radical (unpaired) electrons. The molecule has 1 aromatic rings. The Balaban J connectivity index is 2.17. The number of ether oxygens (including phenoxy) is 1. The summed E-state index contributed by atoms with van der Waals surface area (Å²) in [7, 11) is 0. The lowest BCUT2D eigenvalue weighted by Gasteiger charge is -2.25. The van der Waals surface area contributed by atoms with Gasteiger partial charge in [-0.3, -0.25) is 0 Å². The van der Waals surface area contributed by atoms with Crippen LogP contribution >= 0.6 is 0 Å². The Kier molecular flexibility index (Phi) is 2.92. The van der Waals surface area contributed by atoms with Crippen molar-refractivity contribution in [1.29, 1.82) is 0 Å². The van der Waals surface area contributed by atoms with Crippen LogP contribution in [0.25, 0.3) is 0 Å². The van der Waals surface area contributed by atoms with Gasteiger partial charge in [-0.2, -0.15) is 0 Å². The van der Waals surface area contributed by atoms with Crippen LogP contribution in [0.3, 0.4) is 0 Å². The first-order valence-corrected chi connectivity index (χ1v) is 5.50. The summed E-state index contributed by atoms with van der Waals surface area (Å²) in [5.74, 6) is 0. The summed E-state index contributed by atoms with van der Waals surface area (Å²) in [6.07, 6.45) is 1.30. The number of benzene rings is 1. The van der Waals surface area contributed by atoms with Crippen LogP contribution in [0.15, 0.2) is 35.4 Å². The third-order valence-corrected chi connectivity index (χ3v) is 3.17. The fourth-order valence-corrected chi connectivity index (χ4v) is 1.86. The van der Waals surface area contributed by atoms with Crippen molar-refractivity contribution in [3.63, 3.8) is 0 Å². The Bertz CT molecular complexity index is 373. The van der Waals surface area contributed by atoms with Gasteiger partial charge in [-0.05, 0) is 38.3 Å². The summed E-state index contributed by atoms with van der Waals surface area (Å²) < 4.78 is 5.83. The molecule has 80 valence electrons. The van der Waals surface area contributed by atoms with Crippen LogP contribution in [0.2, 0.25) is 0 Å². The zero-order valence-corrected chi connectivity index (χ0v) is 9.71. The minimum absolute atomic E-state index is 0.259. The van der Waals surface area contributed by atoms with E-state index in [2.05, 4.69) is 45.0 Å². The molecular formula is C14H18O. The second-order valence-electron chi connectivity index (χ2n) is 4.48. The molecule has 1 aliphatic rings. The van der Waals surface area contributed by atoms with Crippen molar-refractivity contribution in [3.8, 4) is 0 Å². The van der Waals surface area contributed by atoms with Crippen LogP contribution in [0.4, 0.5) is 0 Å². The van der Waals surface area contributed by atoms with Gasteiger partial charge >= 0.3 is 0 Å². The van der Waals surface area contributed by atoms with Crippen LogP contribution in [0, 0.1) is 6.92 Å². The fraction of sp³-hybridized carbons (Fsp3) is 0.429. The van der Waals surface area contributed by atoms with Crippen molar-refractivity contribution >= 4 is 0 Å². The molecule has 0 bridgehead atoms. The quantitative estimate of drug-likeness (QED) is 0.629. The molecule has 1 atom stereocenters. The smallest absolute Gasteiger partial charge is 0.0866 e. The van der Waals surface area contributed by atoms with Crippen LogP contribution in [0.5, 0.6) is 0 Å². The van der Waals surface area contributed by atoms with E-state index in [1.807, 2.05) is 0 Å². The van der Waals surface area contributed by atoms with E-state index in [0.717, 1.165) is 13.0 Å². The Hall–Kier alpha value is -1.08. The molecular weight excluding hydrogens is 184 g/mol. The summed E-state index contributed by atoms with van der Waals surface area (Å²) >= 11 is 0. The third kappa shape index (κ3) is 2.29. The lowest BCUT2D eigenvalue weighted by atomic mass is 9.96. The maximum absolute atomic E-state index is 5.83. The average molecular weight is 202 g/mol. The summed E-state index contributed by atoms with van der Waals surface area (Å²) in [6, 6.07) is 8.65. The maximum Gasteiger partial charge on any atom is 0.0866 e. The maximum atomic E-state index is 5.83. The average Bonchev–Trinajstić information content (AvgIpc) is 2.23. The first-order valence-electron chi connectivity index (χ1n) is 5.50. The molecule has 0 saturated carbocycles. The molecule has 0 saturated heterocycles. The Labute approximate surface area is 91.8 Å². The van der Waals surface area contributed by atoms with Crippen molar-refractivity contribution in [2.75, 3.05) is 6.61 Å². The van der Waals surface area contributed by atoms with Crippen LogP contribution in [-0.4, -0.2) is 6.61 Å². The van der Waals surface area contributed by atoms with E-state index in [4.69, 9.17) is 4.74 Å². The summed E-state index contributed by atoms with van der Waals surface area (Å²) in [5, 5.41) is 0. The highest BCUT2D eigenvalue weighted by Crippen LogP contribution is 2.31. The monoisotopic (exact) mass is 202 g/mol. The van der Waals surface area contributed by atoms with Gasteiger partial charge in [0.25, 0.3) is 0 Å². The predicted octanol–water partition coefficient (Wildman–Crippen LogP) is 3.79. The van der Waals surface area contributed by atoms with E-state index in [-0.39, 0.29) is 6.10 Å². The fourth-order valence-electron chi connectivity index (χ4n) is 1.86. The Morgan fingerprint density at radius 1 is 1.00 bits per heavy atom. The van der Waals surface area contributed by atoms with Crippen molar-refractivity contribution in [3.05, 3.63) is 46.5 Å². The van der Waals surface area contributed by atoms with Gasteiger partial charge in [0, 0.05) is 0 Å². The number of hydrogen-bond donors (Lipinski definition) is 0. The predicted molar refractivity (Wildman–Crippen MR) is 62.9 cm³/mol. The lowest BCUT2D eigenvalue weighted by molar-refractivity contribution is 0.0578. The van der Waals surface area contributed by atoms with Gasteiger partial charge in [0.05, 0.1) is 12.7 Å². The lowest BCUT2D eigenvalue weighted by Crippen LogP contribution is -2.13. The minimum atomic E-state index is 0.259. The molecule has 2 rings (SSSR count). The molecule has 1 aliphatic heterocycles. The molecule has 0 amide bonds. The van der Waals surface area contributed by atoms with E-state index < -0.39 is 0 Å². The Morgan fingerprint density at radius 2 is 1.67 bits per heavy atom. The number of hydrogen-bond acceptors (Lipinski definition) is 1. The van der Waals surface area contributed by atoms with Crippen LogP contribution < -0.4 is 0 Å². The van der Waals surface area contributed by atoms with Gasteiger partial charge in [-0.1, -0.05) is 35.4 Å². The molecule has 0 spiro atoms. The standard InChI is InChI=1S/C14H18O/c1-10-4-6-13(7-5-10)14-8-11(2)12(3)9-15-14/h4-7,14H,8-9H2,1-3H3. The normalized spacial score (nSPS) is 21.9. The van der Waals surface area contributed by atoms with Gasteiger partial charge in [-0.25, -0.2) is 0 Å². The second kappa shape index (κ2) is 4.19. The van der Waals surface area contributed by atoms with E-state index >= 15 is 0 Å². The summed E-state index contributed by atoms with van der Waals surface area (Å²) in [6.45, 7) is 7.25. The number of aryl methyl sites for hydroxylation is 1. The topological polar surface area (TPSA) is 9.23 Å². The highest BCUT2D eigenvalue weighted by Gasteiger charge is 2.18. The van der Waals surface area contributed by atoms with E-state index in [1.165, 1.54) is 22.3 Å². The van der Waals surface area contributed by atoms with Crippen molar-refractivity contribution in [1.82, 2.24) is 0 Å². The van der Waals surface area contributed by atoms with Gasteiger partial charge < -0.3 is 4.74 Å². The Morgan fingerprint density at radius 3 is 2.27 bits per heavy atom. The zero-order chi connectivity index (χ0) is 10.8. The molecule has 1 heteroatoms. The molecule has 0 aliphatic carbocycles. The van der Waals surface area contributed by atoms with Crippen molar-refractivity contribution < 1.29 is 4.74 Å². The molecule has 0 N–H and O–H groups in total. The van der Waals surface area contributed by atoms with Gasteiger partial charge in [0.1, 0.15) is 0 Å². The molecule has 1 aromatic carbocycles. The molecule has 0 aromatic heterocycles. The van der Waals surface area contributed by atoms with Crippen molar-refractivity contribution in [2.45, 2.75) is 33.3 Å². The molecule has 15 heavy (non-hydrogen) atoms. The van der Waals surface area contributed by atoms with Crippen molar-refractivity contribution in [2.24, 2.45) is 0 Å². The van der Waals surface area contributed by atoms with Gasteiger partial charge in [0.15, 0.2) is 0 Å². The number of rotatable bonds is 1. The largest absolute Gasteiger partial charge is 0.369 e. The minimum Gasteiger partial charge on any atom is -0.369 e. The highest BCUT2D eigenvalue weighted by atomic mass is 16.5. The molecule has 1 heterocycles. The third-order valence-electron chi connectivity index (χ3n) is 3.17. The first-order chi connectivity index (χ1) is 7.16. The molecule has 1 unspecified atom stereocenters. The SMILES string of the molecule is CC1=C(C)CC(c2ccc(C)cc2)OC1. The van der Waals surface area contributed by atoms with E-state index in [0.29, 0.717) is 0 Å². The zero-order valence-electron chi connectivity index (χ0n) is 9.71. The molecule has 0 fully saturated rings. The summed E-state index contributed by atoms with van der Waals surface area (Å²) in [4.78, 5) is 0. The van der Waals surface area contributed by atoms with Crippen LogP contribution in [-0.2, 0) is 4.74 Å². The summed E-state index contributed by atoms with van der Waals surface area (Å²) in [5.41, 5.74) is 5.47. The highest BCUT2D eigenvalue weighted by molar-refractivity contribution is 5.26. The van der Waals surface area contributed by atoms with Crippen LogP contribution in [0.1, 0.15) is 37.5 Å². The molecule has 1 nitrogen and oxygen atoms in total. The van der Waals surface area contributed by atoms with E-state index in [1.54, 1.807) is 0 Å².